The molecule has 2 aliphatic rings. The predicted octanol–water partition coefficient (Wildman–Crippen LogP) is 5.31. The van der Waals surface area contributed by atoms with Crippen LogP contribution in [0.1, 0.15) is 63.7 Å². The topological polar surface area (TPSA) is 187 Å². The van der Waals surface area contributed by atoms with Gasteiger partial charge < -0.3 is 30.8 Å². The minimum Gasteiger partial charge on any atom is -0.366 e. The Morgan fingerprint density at radius 1 is 0.679 bits per heavy atom. The Kier molecular flexibility index (Phi) is 8.53. The summed E-state index contributed by atoms with van der Waals surface area (Å²) < 4.78 is 0. The highest BCUT2D eigenvalue weighted by atomic mass is 16.2. The quantitative estimate of drug-likeness (QED) is 0.154. The number of aromatic amines is 2. The molecule has 53 heavy (non-hydrogen) atoms. The Hall–Kier alpha value is -6.63. The molecule has 0 unspecified atom stereocenters. The number of amides is 4. The first-order valence-corrected chi connectivity index (χ1v) is 17.6. The highest BCUT2D eigenvalue weighted by Crippen LogP contribution is 2.29. The number of nitrogens with one attached hydrogen (secondary N) is 3. The van der Waals surface area contributed by atoms with Gasteiger partial charge in [0.2, 0.25) is 17.7 Å². The number of carbonyl (C=O) groups is 5. The Morgan fingerprint density at radius 3 is 1.81 bits per heavy atom. The SMILES string of the molecule is CC(=O)c1ccc2nc(-c3ccc(NC(=O)[C@@H]4CCCN4C(=O)[C@@H]4CCCN4C(=O)c4ccc(-c5nc6ccc(C(N)=O)cc6[nH]5)cc4)cc3)[nH]c2c1. The van der Waals surface area contributed by atoms with Gasteiger partial charge in [-0.15, -0.1) is 0 Å². The second-order valence-corrected chi connectivity index (χ2v) is 13.5. The molecule has 2 aromatic heterocycles. The third-order valence-corrected chi connectivity index (χ3v) is 10.1. The molecular weight excluding hydrogens is 672 g/mol. The molecule has 0 bridgehead atoms. The maximum atomic E-state index is 14.0. The number of nitrogens with zero attached hydrogens (tertiary/aromatic N) is 4. The van der Waals surface area contributed by atoms with Crippen molar-refractivity contribution in [1.29, 1.82) is 0 Å². The standard InChI is InChI=1S/C40H36N8O5/c1-22(49)26-12-16-29-31(20-26)45-37(43-29)24-10-14-28(15-11-24)42-38(51)33-4-2-18-47(33)40(53)34-5-3-19-48(34)39(52)25-8-6-23(7-9-25)36-44-30-17-13-27(35(41)50)21-32(30)46-36/h6-17,20-21,33-34H,2-5,18-19H2,1H3,(H2,41,50)(H,42,51)(H,43,45)(H,44,46)/t33-,34-/m0/s1. The highest BCUT2D eigenvalue weighted by molar-refractivity contribution is 6.02. The van der Waals surface area contributed by atoms with Crippen LogP contribution in [0.15, 0.2) is 84.9 Å². The molecule has 266 valence electrons. The van der Waals surface area contributed by atoms with Crippen molar-refractivity contribution in [2.75, 3.05) is 18.4 Å². The summed E-state index contributed by atoms with van der Waals surface area (Å²) >= 11 is 0. The minimum absolute atomic E-state index is 0.0211. The number of anilines is 1. The number of nitrogens with two attached hydrogens (primary N) is 1. The number of hydrogen-bond acceptors (Lipinski definition) is 7. The largest absolute Gasteiger partial charge is 0.366 e. The lowest BCUT2D eigenvalue weighted by molar-refractivity contribution is -0.139. The summed E-state index contributed by atoms with van der Waals surface area (Å²) in [6.07, 6.45) is 2.43. The molecule has 5 N–H and O–H groups in total. The summed E-state index contributed by atoms with van der Waals surface area (Å²) in [7, 11) is 0. The maximum Gasteiger partial charge on any atom is 0.254 e. The second kappa shape index (κ2) is 13.5. The van der Waals surface area contributed by atoms with Crippen molar-refractivity contribution in [3.63, 3.8) is 0 Å². The van der Waals surface area contributed by atoms with Crippen LogP contribution in [0.5, 0.6) is 0 Å². The first-order chi connectivity index (χ1) is 25.6. The number of aromatic nitrogens is 4. The number of Topliss-reactive ketones (excluding diaryl/α,β-unsaturated/α-hetero) is 1. The first kappa shape index (κ1) is 33.5. The number of H-pyrrole nitrogens is 2. The van der Waals surface area contributed by atoms with E-state index in [0.717, 1.165) is 22.2 Å². The maximum absolute atomic E-state index is 14.0. The van der Waals surface area contributed by atoms with Gasteiger partial charge >= 0.3 is 0 Å². The number of rotatable bonds is 8. The fraction of sp³-hybridized carbons (Fsp3) is 0.225. The monoisotopic (exact) mass is 708 g/mol. The summed E-state index contributed by atoms with van der Waals surface area (Å²) in [6, 6.07) is 23.4. The van der Waals surface area contributed by atoms with E-state index in [2.05, 4.69) is 25.3 Å². The van der Waals surface area contributed by atoms with Gasteiger partial charge in [0.05, 0.1) is 22.1 Å². The molecule has 13 nitrogen and oxygen atoms in total. The van der Waals surface area contributed by atoms with E-state index in [1.54, 1.807) is 76.5 Å². The van der Waals surface area contributed by atoms with Gasteiger partial charge in [-0.2, -0.15) is 0 Å². The summed E-state index contributed by atoms with van der Waals surface area (Å²) in [6.45, 7) is 2.41. The Morgan fingerprint density at radius 2 is 1.21 bits per heavy atom. The number of fused-ring (bicyclic) bond motifs is 2. The van der Waals surface area contributed by atoms with Crippen LogP contribution in [-0.2, 0) is 9.59 Å². The van der Waals surface area contributed by atoms with E-state index in [9.17, 15) is 24.0 Å². The molecule has 2 atom stereocenters. The Labute approximate surface area is 303 Å². The van der Waals surface area contributed by atoms with Gasteiger partial charge in [-0.3, -0.25) is 24.0 Å². The van der Waals surface area contributed by atoms with E-state index in [1.807, 2.05) is 18.2 Å². The lowest BCUT2D eigenvalue weighted by Crippen LogP contribution is -2.51. The number of hydrogen-bond donors (Lipinski definition) is 4. The fourth-order valence-electron chi connectivity index (χ4n) is 7.30. The summed E-state index contributed by atoms with van der Waals surface area (Å²) in [5.41, 5.74) is 11.9. The molecule has 8 rings (SSSR count). The third-order valence-electron chi connectivity index (χ3n) is 10.1. The zero-order valence-electron chi connectivity index (χ0n) is 28.9. The molecule has 2 saturated heterocycles. The lowest BCUT2D eigenvalue weighted by atomic mass is 10.1. The first-order valence-electron chi connectivity index (χ1n) is 17.6. The average molecular weight is 709 g/mol. The Balaban J connectivity index is 0.919. The van der Waals surface area contributed by atoms with Crippen molar-refractivity contribution in [3.8, 4) is 22.8 Å². The van der Waals surface area contributed by atoms with Crippen LogP contribution in [0.2, 0.25) is 0 Å². The predicted molar refractivity (Wildman–Crippen MR) is 199 cm³/mol. The lowest BCUT2D eigenvalue weighted by Gasteiger charge is -2.31. The van der Waals surface area contributed by atoms with Crippen molar-refractivity contribution in [1.82, 2.24) is 29.7 Å². The molecule has 0 radical (unpaired) electrons. The van der Waals surface area contributed by atoms with Gasteiger partial charge in [0, 0.05) is 46.6 Å². The van der Waals surface area contributed by atoms with Crippen molar-refractivity contribution in [2.24, 2.45) is 5.73 Å². The minimum atomic E-state index is -0.653. The summed E-state index contributed by atoms with van der Waals surface area (Å²) in [4.78, 5) is 83.5. The van der Waals surface area contributed by atoms with Crippen LogP contribution in [0.3, 0.4) is 0 Å². The Bertz CT molecular complexity index is 2430. The summed E-state index contributed by atoms with van der Waals surface area (Å²) in [5.74, 6) is -0.0452. The van der Waals surface area contributed by atoms with E-state index in [-0.39, 0.29) is 23.5 Å². The summed E-state index contributed by atoms with van der Waals surface area (Å²) in [5, 5.41) is 2.97. The van der Waals surface area contributed by atoms with Crippen molar-refractivity contribution in [3.05, 3.63) is 102 Å². The molecule has 2 fully saturated rings. The molecular formula is C40H36N8O5. The molecule has 2 aliphatic heterocycles. The van der Waals surface area contributed by atoms with Crippen molar-refractivity contribution in [2.45, 2.75) is 44.7 Å². The van der Waals surface area contributed by atoms with Crippen LogP contribution in [0, 0.1) is 0 Å². The van der Waals surface area contributed by atoms with Crippen LogP contribution in [0.4, 0.5) is 5.69 Å². The third kappa shape index (κ3) is 6.41. The van der Waals surface area contributed by atoms with Crippen LogP contribution in [0.25, 0.3) is 44.8 Å². The number of benzene rings is 4. The van der Waals surface area contributed by atoms with E-state index in [4.69, 9.17) is 5.73 Å². The molecule has 4 heterocycles. The molecule has 0 spiro atoms. The van der Waals surface area contributed by atoms with E-state index in [0.29, 0.717) is 83.8 Å². The number of carbonyl (C=O) groups excluding carboxylic acids is 5. The highest BCUT2D eigenvalue weighted by Gasteiger charge is 2.42. The molecule has 6 aromatic rings. The van der Waals surface area contributed by atoms with Crippen molar-refractivity contribution < 1.29 is 24.0 Å². The van der Waals surface area contributed by atoms with Gasteiger partial charge in [0.15, 0.2) is 5.78 Å². The number of primary amides is 1. The number of ketones is 1. The average Bonchev–Trinajstić information content (AvgIpc) is 3.99. The zero-order valence-corrected chi connectivity index (χ0v) is 28.9. The van der Waals surface area contributed by atoms with E-state index in [1.165, 1.54) is 6.92 Å². The van der Waals surface area contributed by atoms with Gasteiger partial charge in [-0.05, 0) is 105 Å². The molecule has 4 aromatic carbocycles. The molecule has 0 saturated carbocycles. The van der Waals surface area contributed by atoms with Gasteiger partial charge in [0.25, 0.3) is 5.91 Å². The molecule has 13 heteroatoms. The molecule has 0 aliphatic carbocycles. The molecule has 4 amide bonds. The van der Waals surface area contributed by atoms with Crippen molar-refractivity contribution >= 4 is 57.2 Å². The van der Waals surface area contributed by atoms with Gasteiger partial charge in [-0.1, -0.05) is 12.1 Å². The van der Waals surface area contributed by atoms with Crippen LogP contribution >= 0.6 is 0 Å². The van der Waals surface area contributed by atoms with Crippen LogP contribution < -0.4 is 11.1 Å². The second-order valence-electron chi connectivity index (χ2n) is 13.5. The number of likely N-dealkylation sites (tertiary alicyclic amines) is 2. The number of imidazole rings is 2. The van der Waals surface area contributed by atoms with Gasteiger partial charge in [-0.25, -0.2) is 9.97 Å². The zero-order chi connectivity index (χ0) is 36.8. The smallest absolute Gasteiger partial charge is 0.254 e. The normalized spacial score (nSPS) is 17.1. The van der Waals surface area contributed by atoms with Gasteiger partial charge in [0.1, 0.15) is 23.7 Å². The van der Waals surface area contributed by atoms with E-state index < -0.39 is 18.0 Å². The van der Waals surface area contributed by atoms with Crippen LogP contribution in [-0.4, -0.2) is 84.3 Å². The van der Waals surface area contributed by atoms with E-state index >= 15 is 0 Å². The fourth-order valence-corrected chi connectivity index (χ4v) is 7.30.